The van der Waals surface area contributed by atoms with E-state index >= 15 is 0 Å². The van der Waals surface area contributed by atoms with Gasteiger partial charge >= 0.3 is 11.7 Å². The van der Waals surface area contributed by atoms with Crippen molar-refractivity contribution in [2.75, 3.05) is 0 Å². The Bertz CT molecular complexity index is 652. The summed E-state index contributed by atoms with van der Waals surface area (Å²) >= 11 is 0. The summed E-state index contributed by atoms with van der Waals surface area (Å²) in [6, 6.07) is 5.90. The van der Waals surface area contributed by atoms with Crippen molar-refractivity contribution < 1.29 is 9.90 Å². The van der Waals surface area contributed by atoms with Crippen molar-refractivity contribution >= 4 is 5.97 Å². The summed E-state index contributed by atoms with van der Waals surface area (Å²) in [4.78, 5) is 25.0. The van der Waals surface area contributed by atoms with Crippen molar-refractivity contribution in [2.45, 2.75) is 20.4 Å². The summed E-state index contributed by atoms with van der Waals surface area (Å²) in [6.45, 7) is 4.16. The fourth-order valence-electron chi connectivity index (χ4n) is 1.87. The molecule has 1 aromatic heterocycles. The fourth-order valence-corrected chi connectivity index (χ4v) is 1.87. The molecular weight excluding hydrogens is 232 g/mol. The van der Waals surface area contributed by atoms with E-state index in [9.17, 15) is 9.59 Å². The predicted octanol–water partition coefficient (Wildman–Crippen LogP) is 1.54. The maximum absolute atomic E-state index is 11.6. The SMILES string of the molecule is Cc1ccc(C)c(Cn2c(C(=O)O)c[nH]c2=O)c1. The predicted molar refractivity (Wildman–Crippen MR) is 67.0 cm³/mol. The van der Waals surface area contributed by atoms with E-state index in [1.54, 1.807) is 0 Å². The number of nitrogens with one attached hydrogen (secondary N) is 1. The molecule has 18 heavy (non-hydrogen) atoms. The maximum atomic E-state index is 11.6. The molecule has 0 amide bonds. The molecule has 0 spiro atoms. The molecule has 0 bridgehead atoms. The molecule has 94 valence electrons. The first-order valence-electron chi connectivity index (χ1n) is 5.56. The van der Waals surface area contributed by atoms with Crippen molar-refractivity contribution in [1.82, 2.24) is 9.55 Å². The average molecular weight is 246 g/mol. The molecule has 2 N–H and O–H groups in total. The van der Waals surface area contributed by atoms with Gasteiger partial charge < -0.3 is 10.1 Å². The van der Waals surface area contributed by atoms with Crippen LogP contribution in [0.1, 0.15) is 27.2 Å². The van der Waals surface area contributed by atoms with E-state index in [0.717, 1.165) is 16.7 Å². The number of imidazole rings is 1. The third-order valence-electron chi connectivity index (χ3n) is 2.92. The number of carbonyl (C=O) groups is 1. The second-order valence-electron chi connectivity index (χ2n) is 4.30. The van der Waals surface area contributed by atoms with E-state index in [0.29, 0.717) is 0 Å². The molecule has 0 aliphatic carbocycles. The van der Waals surface area contributed by atoms with E-state index in [1.807, 2.05) is 32.0 Å². The van der Waals surface area contributed by atoms with Gasteiger partial charge in [-0.25, -0.2) is 9.59 Å². The number of aromatic carboxylic acids is 1. The lowest BCUT2D eigenvalue weighted by atomic mass is 10.1. The minimum absolute atomic E-state index is 0.0269. The van der Waals surface area contributed by atoms with Gasteiger partial charge in [0.2, 0.25) is 0 Å². The fraction of sp³-hybridized carbons (Fsp3) is 0.231. The zero-order chi connectivity index (χ0) is 13.3. The molecule has 2 rings (SSSR count). The number of carboxylic acids is 1. The highest BCUT2D eigenvalue weighted by Gasteiger charge is 2.13. The van der Waals surface area contributed by atoms with Gasteiger partial charge in [-0.2, -0.15) is 0 Å². The number of rotatable bonds is 3. The maximum Gasteiger partial charge on any atom is 0.354 e. The Morgan fingerprint density at radius 3 is 2.78 bits per heavy atom. The van der Waals surface area contributed by atoms with Crippen LogP contribution in [0.4, 0.5) is 0 Å². The van der Waals surface area contributed by atoms with Crippen LogP contribution in [0.3, 0.4) is 0 Å². The number of nitrogens with zero attached hydrogens (tertiary/aromatic N) is 1. The summed E-state index contributed by atoms with van der Waals surface area (Å²) in [7, 11) is 0. The summed E-state index contributed by atoms with van der Waals surface area (Å²) in [6.07, 6.45) is 1.22. The Morgan fingerprint density at radius 2 is 2.11 bits per heavy atom. The number of hydrogen-bond acceptors (Lipinski definition) is 2. The smallest absolute Gasteiger partial charge is 0.354 e. The third kappa shape index (κ3) is 2.20. The van der Waals surface area contributed by atoms with Crippen LogP contribution in [0.25, 0.3) is 0 Å². The molecule has 0 saturated heterocycles. The monoisotopic (exact) mass is 246 g/mol. The minimum Gasteiger partial charge on any atom is -0.477 e. The standard InChI is InChI=1S/C13H14N2O3/c1-8-3-4-9(2)10(5-8)7-15-11(12(16)17)6-14-13(15)18/h3-6H,7H2,1-2H3,(H,14,18)(H,16,17). The van der Waals surface area contributed by atoms with Gasteiger partial charge in [-0.15, -0.1) is 0 Å². The molecule has 0 atom stereocenters. The summed E-state index contributed by atoms with van der Waals surface area (Å²) in [5.41, 5.74) is 2.62. The molecule has 5 heteroatoms. The molecule has 0 aliphatic heterocycles. The van der Waals surface area contributed by atoms with E-state index < -0.39 is 11.7 Å². The first-order chi connectivity index (χ1) is 8.49. The number of benzene rings is 1. The highest BCUT2D eigenvalue weighted by atomic mass is 16.4. The van der Waals surface area contributed by atoms with Crippen LogP contribution in [0.2, 0.25) is 0 Å². The van der Waals surface area contributed by atoms with Crippen LogP contribution >= 0.6 is 0 Å². The van der Waals surface area contributed by atoms with Crippen LogP contribution in [0.5, 0.6) is 0 Å². The van der Waals surface area contributed by atoms with E-state index in [4.69, 9.17) is 5.11 Å². The Morgan fingerprint density at radius 1 is 1.39 bits per heavy atom. The summed E-state index contributed by atoms with van der Waals surface area (Å²) in [5, 5.41) is 9.00. The number of H-pyrrole nitrogens is 1. The Balaban J connectivity index is 2.46. The molecule has 1 heterocycles. The molecule has 1 aromatic carbocycles. The van der Waals surface area contributed by atoms with Crippen molar-refractivity contribution in [3.63, 3.8) is 0 Å². The largest absolute Gasteiger partial charge is 0.477 e. The zero-order valence-corrected chi connectivity index (χ0v) is 10.2. The number of aryl methyl sites for hydroxylation is 2. The number of aromatic amines is 1. The minimum atomic E-state index is -1.11. The molecular formula is C13H14N2O3. The van der Waals surface area contributed by atoms with Gasteiger partial charge in [0.05, 0.1) is 6.54 Å². The highest BCUT2D eigenvalue weighted by molar-refractivity contribution is 5.85. The Hall–Kier alpha value is -2.30. The second-order valence-corrected chi connectivity index (χ2v) is 4.30. The topological polar surface area (TPSA) is 75.1 Å². The highest BCUT2D eigenvalue weighted by Crippen LogP contribution is 2.12. The van der Waals surface area contributed by atoms with E-state index in [1.165, 1.54) is 10.8 Å². The summed E-state index contributed by atoms with van der Waals surface area (Å²) < 4.78 is 1.23. The normalized spacial score (nSPS) is 10.6. The molecule has 5 nitrogen and oxygen atoms in total. The van der Waals surface area contributed by atoms with Gasteiger partial charge in [0, 0.05) is 6.20 Å². The lowest BCUT2D eigenvalue weighted by Crippen LogP contribution is -2.22. The number of carboxylic acid groups (broad SMARTS) is 1. The molecule has 0 fully saturated rings. The van der Waals surface area contributed by atoms with Gasteiger partial charge in [-0.1, -0.05) is 23.8 Å². The number of aromatic nitrogens is 2. The van der Waals surface area contributed by atoms with Crippen molar-refractivity contribution in [3.05, 3.63) is 57.3 Å². The van der Waals surface area contributed by atoms with Gasteiger partial charge in [-0.3, -0.25) is 4.57 Å². The van der Waals surface area contributed by atoms with Crippen LogP contribution < -0.4 is 5.69 Å². The average Bonchev–Trinajstić information content (AvgIpc) is 2.66. The molecule has 0 unspecified atom stereocenters. The lowest BCUT2D eigenvalue weighted by Gasteiger charge is -2.08. The third-order valence-corrected chi connectivity index (χ3v) is 2.92. The lowest BCUT2D eigenvalue weighted by molar-refractivity contribution is 0.0685. The molecule has 2 aromatic rings. The van der Waals surface area contributed by atoms with Crippen LogP contribution in [-0.2, 0) is 6.54 Å². The van der Waals surface area contributed by atoms with E-state index in [2.05, 4.69) is 4.98 Å². The molecule has 0 saturated carbocycles. The van der Waals surface area contributed by atoms with Crippen molar-refractivity contribution in [2.24, 2.45) is 0 Å². The summed E-state index contributed by atoms with van der Waals surface area (Å²) in [5.74, 6) is -1.11. The second kappa shape index (κ2) is 4.52. The molecule has 0 aliphatic rings. The van der Waals surface area contributed by atoms with Crippen LogP contribution in [0, 0.1) is 13.8 Å². The van der Waals surface area contributed by atoms with Gasteiger partial charge in [0.1, 0.15) is 5.69 Å². The first-order valence-corrected chi connectivity index (χ1v) is 5.56. The van der Waals surface area contributed by atoms with Crippen LogP contribution in [0.15, 0.2) is 29.2 Å². The van der Waals surface area contributed by atoms with E-state index in [-0.39, 0.29) is 12.2 Å². The molecule has 0 radical (unpaired) electrons. The number of hydrogen-bond donors (Lipinski definition) is 2. The van der Waals surface area contributed by atoms with Gasteiger partial charge in [-0.05, 0) is 25.0 Å². The first kappa shape index (κ1) is 12.2. The quantitative estimate of drug-likeness (QED) is 0.862. The Kier molecular flexibility index (Phi) is 3.06. The zero-order valence-electron chi connectivity index (χ0n) is 10.2. The van der Waals surface area contributed by atoms with Gasteiger partial charge in [0.15, 0.2) is 0 Å². The van der Waals surface area contributed by atoms with Gasteiger partial charge in [0.25, 0.3) is 0 Å². The Labute approximate surface area is 104 Å². The van der Waals surface area contributed by atoms with Crippen molar-refractivity contribution in [3.8, 4) is 0 Å². The van der Waals surface area contributed by atoms with Crippen molar-refractivity contribution in [1.29, 1.82) is 0 Å². The van der Waals surface area contributed by atoms with Crippen LogP contribution in [-0.4, -0.2) is 20.6 Å².